The lowest BCUT2D eigenvalue weighted by Crippen LogP contribution is -2.10. The van der Waals surface area contributed by atoms with Crippen LogP contribution in [0.3, 0.4) is 0 Å². The molecule has 0 radical (unpaired) electrons. The smallest absolute Gasteiger partial charge is 0.134 e. The predicted octanol–water partition coefficient (Wildman–Crippen LogP) is 4.93. The van der Waals surface area contributed by atoms with Crippen LogP contribution in [0.1, 0.15) is 17.4 Å². The van der Waals surface area contributed by atoms with Crippen LogP contribution in [-0.4, -0.2) is 16.7 Å². The highest BCUT2D eigenvalue weighted by Gasteiger charge is 2.22. The van der Waals surface area contributed by atoms with Gasteiger partial charge in [-0.05, 0) is 30.3 Å². The monoisotopic (exact) mass is 338 g/mol. The number of hydrogen-bond donors (Lipinski definition) is 0. The molecule has 0 spiro atoms. The first kappa shape index (κ1) is 14.8. The first-order valence-corrected chi connectivity index (χ1v) is 7.93. The number of nitrogens with zero attached hydrogens (tertiary/aromatic N) is 2. The van der Waals surface area contributed by atoms with Gasteiger partial charge in [0.25, 0.3) is 0 Å². The average molecular weight is 339 g/mol. The second-order valence-corrected chi connectivity index (χ2v) is 5.89. The highest BCUT2D eigenvalue weighted by Crippen LogP contribution is 2.35. The number of imidazole rings is 1. The Kier molecular flexibility index (Phi) is 3.75. The molecule has 0 aliphatic rings. The number of fused-ring (bicyclic) bond motifs is 1. The van der Waals surface area contributed by atoms with E-state index >= 15 is 0 Å². The molecule has 0 N–H and O–H groups in total. The van der Waals surface area contributed by atoms with E-state index in [1.54, 1.807) is 19.6 Å². The van der Waals surface area contributed by atoms with Gasteiger partial charge in [0.2, 0.25) is 0 Å². The molecule has 4 nitrogen and oxygen atoms in total. The fourth-order valence-corrected chi connectivity index (χ4v) is 3.12. The standard InChI is InChI=1S/C19H15ClN2O2/c1-23-14-6-7-17-13(10-14)11-18(24-17)19(22-9-8-21-12-22)15-4-2-3-5-16(15)20/h2-12,19H,1H3. The zero-order valence-corrected chi connectivity index (χ0v) is 13.8. The van der Waals surface area contributed by atoms with Crippen molar-refractivity contribution in [1.82, 2.24) is 9.55 Å². The van der Waals surface area contributed by atoms with Gasteiger partial charge >= 0.3 is 0 Å². The minimum atomic E-state index is -0.181. The van der Waals surface area contributed by atoms with Gasteiger partial charge in [-0.15, -0.1) is 0 Å². The van der Waals surface area contributed by atoms with Crippen LogP contribution < -0.4 is 4.74 Å². The summed E-state index contributed by atoms with van der Waals surface area (Å²) in [5.74, 6) is 1.59. The Morgan fingerprint density at radius 1 is 1.17 bits per heavy atom. The Morgan fingerprint density at radius 2 is 2.04 bits per heavy atom. The Labute approximate surface area is 144 Å². The molecule has 2 aromatic carbocycles. The number of rotatable bonds is 4. The summed E-state index contributed by atoms with van der Waals surface area (Å²) in [4.78, 5) is 4.16. The maximum atomic E-state index is 6.44. The van der Waals surface area contributed by atoms with Crippen molar-refractivity contribution in [3.8, 4) is 5.75 Å². The number of hydrogen-bond acceptors (Lipinski definition) is 3. The van der Waals surface area contributed by atoms with Gasteiger partial charge in [0, 0.05) is 28.4 Å². The molecule has 0 bridgehead atoms. The molecule has 0 saturated carbocycles. The van der Waals surface area contributed by atoms with Crippen molar-refractivity contribution in [2.45, 2.75) is 6.04 Å². The largest absolute Gasteiger partial charge is 0.497 e. The van der Waals surface area contributed by atoms with Crippen molar-refractivity contribution in [2.75, 3.05) is 7.11 Å². The Balaban J connectivity index is 1.89. The topological polar surface area (TPSA) is 40.2 Å². The van der Waals surface area contributed by atoms with Crippen LogP contribution in [0.25, 0.3) is 11.0 Å². The molecule has 1 atom stereocenters. The minimum absolute atomic E-state index is 0.181. The number of ether oxygens (including phenoxy) is 1. The number of aromatic nitrogens is 2. The molecule has 1 unspecified atom stereocenters. The van der Waals surface area contributed by atoms with Gasteiger partial charge in [-0.2, -0.15) is 0 Å². The molecule has 0 saturated heterocycles. The van der Waals surface area contributed by atoms with Crippen molar-refractivity contribution < 1.29 is 9.15 Å². The number of methoxy groups -OCH3 is 1. The van der Waals surface area contributed by atoms with Crippen LogP contribution in [-0.2, 0) is 0 Å². The van der Waals surface area contributed by atoms with E-state index in [4.69, 9.17) is 20.8 Å². The zero-order chi connectivity index (χ0) is 16.5. The molecule has 4 aromatic rings. The molecule has 0 fully saturated rings. The van der Waals surface area contributed by atoms with Gasteiger partial charge in [-0.1, -0.05) is 29.8 Å². The van der Waals surface area contributed by atoms with Gasteiger partial charge in [0.05, 0.1) is 13.4 Å². The molecule has 120 valence electrons. The summed E-state index contributed by atoms with van der Waals surface area (Å²) in [5.41, 5.74) is 1.77. The van der Waals surface area contributed by atoms with Gasteiger partial charge < -0.3 is 13.7 Å². The average Bonchev–Trinajstić information content (AvgIpc) is 3.26. The number of benzene rings is 2. The SMILES string of the molecule is COc1ccc2oc(C(c3ccccc3Cl)n3ccnc3)cc2c1. The van der Waals surface area contributed by atoms with E-state index in [-0.39, 0.29) is 6.04 Å². The molecule has 4 rings (SSSR count). The summed E-state index contributed by atoms with van der Waals surface area (Å²) in [5, 5.41) is 1.68. The van der Waals surface area contributed by atoms with E-state index in [0.29, 0.717) is 5.02 Å². The van der Waals surface area contributed by atoms with Crippen LogP contribution in [0.5, 0.6) is 5.75 Å². The lowest BCUT2D eigenvalue weighted by atomic mass is 10.0. The van der Waals surface area contributed by atoms with Crippen LogP contribution in [0.4, 0.5) is 0 Å². The molecule has 5 heteroatoms. The molecule has 0 amide bonds. The lowest BCUT2D eigenvalue weighted by molar-refractivity contribution is 0.415. The highest BCUT2D eigenvalue weighted by atomic mass is 35.5. The fraction of sp³-hybridized carbons (Fsp3) is 0.105. The van der Waals surface area contributed by atoms with Crippen molar-refractivity contribution >= 4 is 22.6 Å². The quantitative estimate of drug-likeness (QED) is 0.529. The van der Waals surface area contributed by atoms with Crippen LogP contribution in [0.15, 0.2) is 71.7 Å². The Hall–Kier alpha value is -2.72. The van der Waals surface area contributed by atoms with Crippen LogP contribution in [0, 0.1) is 0 Å². The second kappa shape index (κ2) is 6.06. The fourth-order valence-electron chi connectivity index (χ4n) is 2.88. The van der Waals surface area contributed by atoms with E-state index in [2.05, 4.69) is 4.98 Å². The van der Waals surface area contributed by atoms with Gasteiger partial charge in [0.15, 0.2) is 0 Å². The van der Waals surface area contributed by atoms with E-state index in [9.17, 15) is 0 Å². The summed E-state index contributed by atoms with van der Waals surface area (Å²) in [6, 6.07) is 15.4. The van der Waals surface area contributed by atoms with Crippen molar-refractivity contribution in [3.63, 3.8) is 0 Å². The number of furan rings is 1. The third kappa shape index (κ3) is 2.55. The lowest BCUT2D eigenvalue weighted by Gasteiger charge is -2.17. The van der Waals surface area contributed by atoms with E-state index < -0.39 is 0 Å². The third-order valence-electron chi connectivity index (χ3n) is 4.03. The maximum absolute atomic E-state index is 6.44. The van der Waals surface area contributed by atoms with E-state index in [1.165, 1.54) is 0 Å². The maximum Gasteiger partial charge on any atom is 0.134 e. The van der Waals surface area contributed by atoms with Gasteiger partial charge in [-0.3, -0.25) is 0 Å². The second-order valence-electron chi connectivity index (χ2n) is 5.49. The normalized spacial score (nSPS) is 12.4. The predicted molar refractivity (Wildman–Crippen MR) is 93.7 cm³/mol. The summed E-state index contributed by atoms with van der Waals surface area (Å²) in [6.07, 6.45) is 5.42. The van der Waals surface area contributed by atoms with Gasteiger partial charge in [0.1, 0.15) is 23.1 Å². The molecule has 2 aromatic heterocycles. The van der Waals surface area contributed by atoms with Crippen LogP contribution in [0.2, 0.25) is 5.02 Å². The Bertz CT molecular complexity index is 976. The summed E-state index contributed by atoms with van der Waals surface area (Å²) in [7, 11) is 1.65. The zero-order valence-electron chi connectivity index (χ0n) is 13.0. The summed E-state index contributed by atoms with van der Waals surface area (Å²) in [6.45, 7) is 0. The Morgan fingerprint density at radius 3 is 2.79 bits per heavy atom. The molecular formula is C19H15ClN2O2. The first-order chi connectivity index (χ1) is 11.8. The highest BCUT2D eigenvalue weighted by molar-refractivity contribution is 6.31. The molecule has 24 heavy (non-hydrogen) atoms. The van der Waals surface area contributed by atoms with E-state index in [0.717, 1.165) is 28.0 Å². The molecule has 2 heterocycles. The minimum Gasteiger partial charge on any atom is -0.497 e. The third-order valence-corrected chi connectivity index (χ3v) is 4.38. The van der Waals surface area contributed by atoms with Gasteiger partial charge in [-0.25, -0.2) is 4.98 Å². The van der Waals surface area contributed by atoms with Crippen molar-refractivity contribution in [2.24, 2.45) is 0 Å². The molecular weight excluding hydrogens is 324 g/mol. The van der Waals surface area contributed by atoms with Crippen molar-refractivity contribution in [1.29, 1.82) is 0 Å². The number of halogens is 1. The van der Waals surface area contributed by atoms with Crippen LogP contribution >= 0.6 is 11.6 Å². The van der Waals surface area contributed by atoms with Crippen molar-refractivity contribution in [3.05, 3.63) is 83.6 Å². The summed E-state index contributed by atoms with van der Waals surface area (Å²) >= 11 is 6.44. The first-order valence-electron chi connectivity index (χ1n) is 7.55. The molecule has 0 aliphatic carbocycles. The molecule has 0 aliphatic heterocycles. The summed E-state index contributed by atoms with van der Waals surface area (Å²) < 4.78 is 13.4. The van der Waals surface area contributed by atoms with E-state index in [1.807, 2.05) is 59.3 Å².